The van der Waals surface area contributed by atoms with E-state index >= 15 is 0 Å². The molecule has 3 heteroatoms. The maximum absolute atomic E-state index is 5.57. The predicted molar refractivity (Wildman–Crippen MR) is 81.5 cm³/mol. The standard InChI is InChI=1S/C17H19NO2/c1-19-17-13-15(18-9-11-20-12-10-18)7-8-16(17)14-5-3-2-4-6-14/h2-8,13H,9-12H2,1H3. The lowest BCUT2D eigenvalue weighted by molar-refractivity contribution is 0.122. The molecule has 0 saturated carbocycles. The number of hydrogen-bond donors (Lipinski definition) is 0. The van der Waals surface area contributed by atoms with E-state index in [9.17, 15) is 0 Å². The average Bonchev–Trinajstić information content (AvgIpc) is 2.56. The van der Waals surface area contributed by atoms with Crippen LogP contribution >= 0.6 is 0 Å². The van der Waals surface area contributed by atoms with Crippen LogP contribution in [0, 0.1) is 0 Å². The quantitative estimate of drug-likeness (QED) is 0.854. The highest BCUT2D eigenvalue weighted by molar-refractivity contribution is 5.73. The lowest BCUT2D eigenvalue weighted by Crippen LogP contribution is -2.36. The van der Waals surface area contributed by atoms with Gasteiger partial charge in [-0.3, -0.25) is 0 Å². The third-order valence-corrected chi connectivity index (χ3v) is 3.65. The van der Waals surface area contributed by atoms with Crippen LogP contribution in [0.1, 0.15) is 0 Å². The first-order valence-electron chi connectivity index (χ1n) is 6.94. The summed E-state index contributed by atoms with van der Waals surface area (Å²) in [6.07, 6.45) is 0. The summed E-state index contributed by atoms with van der Waals surface area (Å²) < 4.78 is 11.0. The van der Waals surface area contributed by atoms with E-state index in [2.05, 4.69) is 35.2 Å². The number of rotatable bonds is 3. The van der Waals surface area contributed by atoms with Crippen LogP contribution in [0.3, 0.4) is 0 Å². The molecule has 0 spiro atoms. The van der Waals surface area contributed by atoms with Gasteiger partial charge < -0.3 is 14.4 Å². The number of ether oxygens (including phenoxy) is 2. The monoisotopic (exact) mass is 269 g/mol. The van der Waals surface area contributed by atoms with Crippen molar-refractivity contribution in [2.75, 3.05) is 38.3 Å². The Morgan fingerprint density at radius 3 is 2.45 bits per heavy atom. The molecular weight excluding hydrogens is 250 g/mol. The van der Waals surface area contributed by atoms with Gasteiger partial charge in [-0.05, 0) is 17.7 Å². The summed E-state index contributed by atoms with van der Waals surface area (Å²) in [4.78, 5) is 2.33. The van der Waals surface area contributed by atoms with Crippen molar-refractivity contribution < 1.29 is 9.47 Å². The third-order valence-electron chi connectivity index (χ3n) is 3.65. The minimum absolute atomic E-state index is 0.794. The molecule has 0 aliphatic carbocycles. The smallest absolute Gasteiger partial charge is 0.128 e. The topological polar surface area (TPSA) is 21.7 Å². The van der Waals surface area contributed by atoms with Crippen LogP contribution in [-0.4, -0.2) is 33.4 Å². The highest BCUT2D eigenvalue weighted by Gasteiger charge is 2.14. The number of hydrogen-bond acceptors (Lipinski definition) is 3. The van der Waals surface area contributed by atoms with Crippen molar-refractivity contribution in [3.8, 4) is 16.9 Å². The average molecular weight is 269 g/mol. The van der Waals surface area contributed by atoms with E-state index in [4.69, 9.17) is 9.47 Å². The van der Waals surface area contributed by atoms with Gasteiger partial charge in [0.25, 0.3) is 0 Å². The fourth-order valence-electron chi connectivity index (χ4n) is 2.55. The van der Waals surface area contributed by atoms with E-state index in [1.165, 1.54) is 11.3 Å². The predicted octanol–water partition coefficient (Wildman–Crippen LogP) is 3.20. The zero-order chi connectivity index (χ0) is 13.8. The molecule has 0 atom stereocenters. The molecule has 3 nitrogen and oxygen atoms in total. The Morgan fingerprint density at radius 1 is 1.00 bits per heavy atom. The van der Waals surface area contributed by atoms with Gasteiger partial charge in [0.1, 0.15) is 5.75 Å². The maximum Gasteiger partial charge on any atom is 0.128 e. The summed E-state index contributed by atoms with van der Waals surface area (Å²) in [5.41, 5.74) is 3.51. The van der Waals surface area contributed by atoms with Crippen LogP contribution in [0.15, 0.2) is 48.5 Å². The molecule has 0 unspecified atom stereocenters. The highest BCUT2D eigenvalue weighted by Crippen LogP contribution is 2.33. The SMILES string of the molecule is COc1cc(N2CCOCC2)ccc1-c1ccccc1. The zero-order valence-corrected chi connectivity index (χ0v) is 11.7. The molecule has 104 valence electrons. The third kappa shape index (κ3) is 2.63. The fourth-order valence-corrected chi connectivity index (χ4v) is 2.55. The van der Waals surface area contributed by atoms with Gasteiger partial charge in [-0.2, -0.15) is 0 Å². The second-order valence-corrected chi connectivity index (χ2v) is 4.85. The molecular formula is C17H19NO2. The Balaban J connectivity index is 1.93. The van der Waals surface area contributed by atoms with Crippen molar-refractivity contribution in [3.63, 3.8) is 0 Å². The van der Waals surface area contributed by atoms with Crippen molar-refractivity contribution in [3.05, 3.63) is 48.5 Å². The molecule has 1 fully saturated rings. The van der Waals surface area contributed by atoms with Gasteiger partial charge in [-0.15, -0.1) is 0 Å². The maximum atomic E-state index is 5.57. The van der Waals surface area contributed by atoms with Gasteiger partial charge in [-0.1, -0.05) is 30.3 Å². The van der Waals surface area contributed by atoms with E-state index < -0.39 is 0 Å². The number of anilines is 1. The van der Waals surface area contributed by atoms with Crippen molar-refractivity contribution in [2.24, 2.45) is 0 Å². The van der Waals surface area contributed by atoms with Gasteiger partial charge in [0.05, 0.1) is 20.3 Å². The van der Waals surface area contributed by atoms with E-state index in [-0.39, 0.29) is 0 Å². The first-order valence-corrected chi connectivity index (χ1v) is 6.94. The van der Waals surface area contributed by atoms with Gasteiger partial charge in [0.15, 0.2) is 0 Å². The first-order chi connectivity index (χ1) is 9.88. The minimum Gasteiger partial charge on any atom is -0.496 e. The summed E-state index contributed by atoms with van der Waals surface area (Å²) in [5, 5.41) is 0. The molecule has 1 aliphatic heterocycles. The summed E-state index contributed by atoms with van der Waals surface area (Å²) >= 11 is 0. The lowest BCUT2D eigenvalue weighted by Gasteiger charge is -2.29. The van der Waals surface area contributed by atoms with Crippen molar-refractivity contribution in [1.29, 1.82) is 0 Å². The molecule has 1 heterocycles. The van der Waals surface area contributed by atoms with Gasteiger partial charge >= 0.3 is 0 Å². The molecule has 2 aromatic rings. The number of methoxy groups -OCH3 is 1. The largest absolute Gasteiger partial charge is 0.496 e. The van der Waals surface area contributed by atoms with E-state index in [0.717, 1.165) is 37.6 Å². The van der Waals surface area contributed by atoms with Gasteiger partial charge in [-0.25, -0.2) is 0 Å². The molecule has 2 aromatic carbocycles. The molecule has 1 saturated heterocycles. The summed E-state index contributed by atoms with van der Waals surface area (Å²) in [6, 6.07) is 16.7. The number of nitrogens with zero attached hydrogens (tertiary/aromatic N) is 1. The second kappa shape index (κ2) is 5.97. The first kappa shape index (κ1) is 13.0. The van der Waals surface area contributed by atoms with Crippen LogP contribution < -0.4 is 9.64 Å². The Bertz CT molecular complexity index is 562. The van der Waals surface area contributed by atoms with Crippen LogP contribution in [0.5, 0.6) is 5.75 Å². The molecule has 0 amide bonds. The molecule has 0 aromatic heterocycles. The van der Waals surface area contributed by atoms with Crippen molar-refractivity contribution in [2.45, 2.75) is 0 Å². The normalized spacial score (nSPS) is 15.2. The summed E-state index contributed by atoms with van der Waals surface area (Å²) in [5.74, 6) is 0.917. The Labute approximate surface area is 119 Å². The van der Waals surface area contributed by atoms with Crippen LogP contribution in [0.25, 0.3) is 11.1 Å². The molecule has 3 rings (SSSR count). The molecule has 0 N–H and O–H groups in total. The second-order valence-electron chi connectivity index (χ2n) is 4.85. The van der Waals surface area contributed by atoms with E-state index in [0.29, 0.717) is 0 Å². The molecule has 1 aliphatic rings. The zero-order valence-electron chi connectivity index (χ0n) is 11.7. The van der Waals surface area contributed by atoms with E-state index in [1.807, 2.05) is 18.2 Å². The minimum atomic E-state index is 0.794. The Hall–Kier alpha value is -2.00. The fraction of sp³-hybridized carbons (Fsp3) is 0.294. The van der Waals surface area contributed by atoms with Crippen molar-refractivity contribution >= 4 is 5.69 Å². The highest BCUT2D eigenvalue weighted by atomic mass is 16.5. The summed E-state index contributed by atoms with van der Waals surface area (Å²) in [7, 11) is 1.73. The van der Waals surface area contributed by atoms with Crippen LogP contribution in [0.4, 0.5) is 5.69 Å². The molecule has 20 heavy (non-hydrogen) atoms. The molecule has 0 bridgehead atoms. The Morgan fingerprint density at radius 2 is 1.75 bits per heavy atom. The molecule has 0 radical (unpaired) electrons. The number of morpholine rings is 1. The van der Waals surface area contributed by atoms with Gasteiger partial charge in [0.2, 0.25) is 0 Å². The van der Waals surface area contributed by atoms with Gasteiger partial charge in [0, 0.05) is 30.4 Å². The van der Waals surface area contributed by atoms with Crippen molar-refractivity contribution in [1.82, 2.24) is 0 Å². The summed E-state index contributed by atoms with van der Waals surface area (Å²) in [6.45, 7) is 3.47. The lowest BCUT2D eigenvalue weighted by atomic mass is 10.0. The Kier molecular flexibility index (Phi) is 3.88. The van der Waals surface area contributed by atoms with Crippen LogP contribution in [-0.2, 0) is 4.74 Å². The van der Waals surface area contributed by atoms with Crippen LogP contribution in [0.2, 0.25) is 0 Å². The number of benzene rings is 2. The van der Waals surface area contributed by atoms with E-state index in [1.54, 1.807) is 7.11 Å².